The molecular weight excluding hydrogens is 330 g/mol. The van der Waals surface area contributed by atoms with E-state index in [0.29, 0.717) is 30.1 Å². The third-order valence-corrected chi connectivity index (χ3v) is 4.22. The molecule has 1 atom stereocenters. The number of hydrogen-bond acceptors (Lipinski definition) is 3. The normalized spacial score (nSPS) is 23.8. The Balaban J connectivity index is 1.91. The summed E-state index contributed by atoms with van der Waals surface area (Å²) in [6.45, 7) is 3.98. The predicted molar refractivity (Wildman–Crippen MR) is 79.8 cm³/mol. The molecule has 2 rings (SSSR count). The van der Waals surface area contributed by atoms with Gasteiger partial charge in [-0.3, -0.25) is 9.69 Å². The van der Waals surface area contributed by atoms with Gasteiger partial charge in [-0.2, -0.15) is 0 Å². The second kappa shape index (κ2) is 5.92. The summed E-state index contributed by atoms with van der Waals surface area (Å²) in [5.41, 5.74) is -0.0472. The van der Waals surface area contributed by atoms with Crippen LogP contribution < -0.4 is 0 Å². The van der Waals surface area contributed by atoms with Crippen molar-refractivity contribution in [3.8, 4) is 0 Å². The number of ketones is 1. The first-order valence-corrected chi connectivity index (χ1v) is 7.47. The lowest BCUT2D eigenvalue weighted by molar-refractivity contribution is 0.0677. The first-order valence-electron chi connectivity index (χ1n) is 6.30. The zero-order valence-corrected chi connectivity index (χ0v) is 13.2. The molecule has 0 bridgehead atoms. The molecule has 3 nitrogen and oxygen atoms in total. The summed E-state index contributed by atoms with van der Waals surface area (Å²) in [6.07, 6.45) is 1.19. The number of benzene rings is 1. The number of β-amino-alcohol motifs (C(OH)–C–C–N with tert-alkyl or cyclic N) is 1. The zero-order chi connectivity index (χ0) is 14.0. The van der Waals surface area contributed by atoms with Crippen LogP contribution in [0.2, 0.25) is 5.02 Å². The standard InChI is InChI=1S/C14H17BrClNO2/c1-14(19)5-7-17(9-14)6-4-13(18)11-3-2-10(15)8-12(11)16/h2-3,8,19H,4-7,9H2,1H3. The van der Waals surface area contributed by atoms with Crippen LogP contribution in [-0.4, -0.2) is 41.0 Å². The Bertz CT molecular complexity index is 490. The smallest absolute Gasteiger partial charge is 0.165 e. The molecule has 19 heavy (non-hydrogen) atoms. The molecule has 0 aliphatic carbocycles. The van der Waals surface area contributed by atoms with Gasteiger partial charge in [-0.05, 0) is 31.5 Å². The number of aliphatic hydroxyl groups is 1. The van der Waals surface area contributed by atoms with Gasteiger partial charge in [0.25, 0.3) is 0 Å². The van der Waals surface area contributed by atoms with Crippen molar-refractivity contribution >= 4 is 33.3 Å². The van der Waals surface area contributed by atoms with Crippen molar-refractivity contribution < 1.29 is 9.90 Å². The van der Waals surface area contributed by atoms with Crippen LogP contribution in [-0.2, 0) is 0 Å². The highest BCUT2D eigenvalue weighted by Gasteiger charge is 2.31. The predicted octanol–water partition coefficient (Wildman–Crippen LogP) is 3.13. The van der Waals surface area contributed by atoms with Gasteiger partial charge < -0.3 is 5.11 Å². The van der Waals surface area contributed by atoms with Crippen LogP contribution in [0.25, 0.3) is 0 Å². The van der Waals surface area contributed by atoms with Gasteiger partial charge in [-0.1, -0.05) is 27.5 Å². The van der Waals surface area contributed by atoms with Gasteiger partial charge in [0.15, 0.2) is 5.78 Å². The van der Waals surface area contributed by atoms with Crippen LogP contribution in [0.5, 0.6) is 0 Å². The molecule has 0 spiro atoms. The Morgan fingerprint density at radius 1 is 1.58 bits per heavy atom. The van der Waals surface area contributed by atoms with Crippen LogP contribution in [0, 0.1) is 0 Å². The van der Waals surface area contributed by atoms with E-state index in [2.05, 4.69) is 20.8 Å². The SMILES string of the molecule is CC1(O)CCN(CCC(=O)c2ccc(Br)cc2Cl)C1. The van der Waals surface area contributed by atoms with E-state index in [4.69, 9.17) is 11.6 Å². The van der Waals surface area contributed by atoms with Crippen LogP contribution >= 0.6 is 27.5 Å². The quantitative estimate of drug-likeness (QED) is 0.852. The van der Waals surface area contributed by atoms with Crippen molar-refractivity contribution in [3.05, 3.63) is 33.3 Å². The van der Waals surface area contributed by atoms with Gasteiger partial charge in [0.2, 0.25) is 0 Å². The summed E-state index contributed by atoms with van der Waals surface area (Å²) in [5, 5.41) is 10.3. The maximum absolute atomic E-state index is 12.1. The van der Waals surface area contributed by atoms with Crippen molar-refractivity contribution in [2.24, 2.45) is 0 Å². The minimum Gasteiger partial charge on any atom is -0.389 e. The van der Waals surface area contributed by atoms with E-state index in [1.54, 1.807) is 12.1 Å². The molecule has 1 saturated heterocycles. The highest BCUT2D eigenvalue weighted by Crippen LogP contribution is 2.24. The van der Waals surface area contributed by atoms with Crippen LogP contribution in [0.3, 0.4) is 0 Å². The fourth-order valence-electron chi connectivity index (χ4n) is 2.34. The molecule has 5 heteroatoms. The Kier molecular flexibility index (Phi) is 4.66. The number of likely N-dealkylation sites (tertiary alicyclic amines) is 1. The van der Waals surface area contributed by atoms with Gasteiger partial charge in [-0.25, -0.2) is 0 Å². The van der Waals surface area contributed by atoms with Crippen LogP contribution in [0.15, 0.2) is 22.7 Å². The second-order valence-electron chi connectivity index (χ2n) is 5.32. The van der Waals surface area contributed by atoms with Gasteiger partial charge in [0.1, 0.15) is 0 Å². The molecule has 0 saturated carbocycles. The second-order valence-corrected chi connectivity index (χ2v) is 6.64. The Morgan fingerprint density at radius 3 is 2.89 bits per heavy atom. The fraction of sp³-hybridized carbons (Fsp3) is 0.500. The zero-order valence-electron chi connectivity index (χ0n) is 10.8. The third kappa shape index (κ3) is 4.02. The highest BCUT2D eigenvalue weighted by atomic mass is 79.9. The number of carbonyl (C=O) groups excluding carboxylic acids is 1. The summed E-state index contributed by atoms with van der Waals surface area (Å²) in [6, 6.07) is 5.30. The van der Waals surface area contributed by atoms with E-state index in [9.17, 15) is 9.90 Å². The molecule has 0 aromatic heterocycles. The van der Waals surface area contributed by atoms with Crippen molar-refractivity contribution in [1.82, 2.24) is 4.90 Å². The highest BCUT2D eigenvalue weighted by molar-refractivity contribution is 9.10. The van der Waals surface area contributed by atoms with E-state index in [1.807, 2.05) is 13.0 Å². The topological polar surface area (TPSA) is 40.5 Å². The van der Waals surface area contributed by atoms with Crippen molar-refractivity contribution in [3.63, 3.8) is 0 Å². The number of halogens is 2. The average Bonchev–Trinajstić information content (AvgIpc) is 2.66. The third-order valence-electron chi connectivity index (χ3n) is 3.42. The fourth-order valence-corrected chi connectivity index (χ4v) is 3.12. The number of hydrogen-bond donors (Lipinski definition) is 1. The molecule has 1 aromatic rings. The summed E-state index contributed by atoms with van der Waals surface area (Å²) in [4.78, 5) is 14.2. The first-order chi connectivity index (χ1) is 8.87. The maximum atomic E-state index is 12.1. The Hall–Kier alpha value is -0.420. The van der Waals surface area contributed by atoms with Crippen LogP contribution in [0.4, 0.5) is 0 Å². The Labute approximate surface area is 126 Å². The van der Waals surface area contributed by atoms with Gasteiger partial charge in [0, 0.05) is 36.1 Å². The van der Waals surface area contributed by atoms with E-state index in [1.165, 1.54) is 0 Å². The van der Waals surface area contributed by atoms with E-state index in [0.717, 1.165) is 17.4 Å². The van der Waals surface area contributed by atoms with E-state index >= 15 is 0 Å². The summed E-state index contributed by atoms with van der Waals surface area (Å²) in [7, 11) is 0. The largest absolute Gasteiger partial charge is 0.389 e. The number of carbonyl (C=O) groups is 1. The van der Waals surface area contributed by atoms with Crippen molar-refractivity contribution in [2.75, 3.05) is 19.6 Å². The van der Waals surface area contributed by atoms with Gasteiger partial charge in [-0.15, -0.1) is 0 Å². The van der Waals surface area contributed by atoms with Crippen molar-refractivity contribution in [1.29, 1.82) is 0 Å². The van der Waals surface area contributed by atoms with E-state index < -0.39 is 5.60 Å². The molecule has 1 unspecified atom stereocenters. The molecule has 1 aliphatic rings. The molecular formula is C14H17BrClNO2. The lowest BCUT2D eigenvalue weighted by Crippen LogP contribution is -2.31. The number of Topliss-reactive ketones (excluding diaryl/α,β-unsaturated/α-hetero) is 1. The molecule has 1 aliphatic heterocycles. The maximum Gasteiger partial charge on any atom is 0.165 e. The molecule has 1 aromatic carbocycles. The summed E-state index contributed by atoms with van der Waals surface area (Å²) in [5.74, 6) is 0.0454. The lowest BCUT2D eigenvalue weighted by Gasteiger charge is -2.18. The number of nitrogens with zero attached hydrogens (tertiary/aromatic N) is 1. The lowest BCUT2D eigenvalue weighted by atomic mass is 10.1. The molecule has 0 amide bonds. The van der Waals surface area contributed by atoms with Crippen molar-refractivity contribution in [2.45, 2.75) is 25.4 Å². The summed E-state index contributed by atoms with van der Waals surface area (Å²) >= 11 is 9.38. The minimum absolute atomic E-state index is 0.0454. The van der Waals surface area contributed by atoms with Gasteiger partial charge >= 0.3 is 0 Å². The Morgan fingerprint density at radius 2 is 2.32 bits per heavy atom. The molecule has 1 N–H and O–H groups in total. The first kappa shape index (κ1) is 15.0. The number of rotatable bonds is 4. The molecule has 104 valence electrons. The molecule has 1 fully saturated rings. The van der Waals surface area contributed by atoms with Gasteiger partial charge in [0.05, 0.1) is 10.6 Å². The summed E-state index contributed by atoms with van der Waals surface area (Å²) < 4.78 is 0.865. The monoisotopic (exact) mass is 345 g/mol. The van der Waals surface area contributed by atoms with E-state index in [-0.39, 0.29) is 5.78 Å². The average molecular weight is 347 g/mol. The van der Waals surface area contributed by atoms with Crippen LogP contribution in [0.1, 0.15) is 30.1 Å². The molecule has 0 radical (unpaired) electrons. The minimum atomic E-state index is -0.613. The molecule has 1 heterocycles.